The zero-order valence-electron chi connectivity index (χ0n) is 12.4. The molecule has 0 saturated heterocycles. The van der Waals surface area contributed by atoms with Crippen molar-refractivity contribution in [1.82, 2.24) is 0 Å². The van der Waals surface area contributed by atoms with Gasteiger partial charge in [0.2, 0.25) is 5.91 Å². The first kappa shape index (κ1) is 15.4. The maximum Gasteiger partial charge on any atom is 0.336 e. The van der Waals surface area contributed by atoms with E-state index in [9.17, 15) is 19.8 Å². The second-order valence-electron chi connectivity index (χ2n) is 5.11. The molecular formula is C18H13NO5. The summed E-state index contributed by atoms with van der Waals surface area (Å²) < 4.78 is 5.02. The van der Waals surface area contributed by atoms with Gasteiger partial charge in [-0.2, -0.15) is 0 Å². The highest BCUT2D eigenvalue weighted by Gasteiger charge is 2.02. The number of phenols is 2. The van der Waals surface area contributed by atoms with E-state index in [4.69, 9.17) is 4.42 Å². The molecule has 120 valence electrons. The van der Waals surface area contributed by atoms with E-state index >= 15 is 0 Å². The van der Waals surface area contributed by atoms with Crippen molar-refractivity contribution in [1.29, 1.82) is 0 Å². The molecule has 0 radical (unpaired) electrons. The third-order valence-corrected chi connectivity index (χ3v) is 3.24. The number of carbonyl (C=O) groups is 1. The summed E-state index contributed by atoms with van der Waals surface area (Å²) in [6.45, 7) is 0. The van der Waals surface area contributed by atoms with Gasteiger partial charge in [-0.15, -0.1) is 0 Å². The first-order chi connectivity index (χ1) is 11.5. The van der Waals surface area contributed by atoms with Gasteiger partial charge in [0, 0.05) is 29.3 Å². The summed E-state index contributed by atoms with van der Waals surface area (Å²) in [7, 11) is 0. The second-order valence-corrected chi connectivity index (χ2v) is 5.11. The van der Waals surface area contributed by atoms with Gasteiger partial charge in [-0.25, -0.2) is 4.79 Å². The van der Waals surface area contributed by atoms with Crippen LogP contribution in [0.15, 0.2) is 63.8 Å². The van der Waals surface area contributed by atoms with Crippen LogP contribution in [0.25, 0.3) is 17.0 Å². The molecule has 1 aromatic heterocycles. The lowest BCUT2D eigenvalue weighted by Crippen LogP contribution is -2.07. The van der Waals surface area contributed by atoms with Crippen molar-refractivity contribution in [2.75, 3.05) is 5.32 Å². The number of benzene rings is 2. The van der Waals surface area contributed by atoms with Crippen molar-refractivity contribution in [3.05, 3.63) is 70.6 Å². The summed E-state index contributed by atoms with van der Waals surface area (Å²) in [5.41, 5.74) is 1.04. The lowest BCUT2D eigenvalue weighted by atomic mass is 10.2. The number of rotatable bonds is 3. The Kier molecular flexibility index (Phi) is 4.03. The Morgan fingerprint density at radius 1 is 1.00 bits per heavy atom. The summed E-state index contributed by atoms with van der Waals surface area (Å²) in [4.78, 5) is 23.1. The van der Waals surface area contributed by atoms with Gasteiger partial charge in [-0.05, 0) is 48.0 Å². The molecule has 0 unspecified atom stereocenters. The molecule has 2 aromatic carbocycles. The van der Waals surface area contributed by atoms with Gasteiger partial charge in [-0.3, -0.25) is 4.79 Å². The minimum atomic E-state index is -0.434. The fraction of sp³-hybridized carbons (Fsp3) is 0. The van der Waals surface area contributed by atoms with Crippen molar-refractivity contribution < 1.29 is 19.4 Å². The number of carbonyl (C=O) groups excluding carboxylic acids is 1. The molecule has 0 spiro atoms. The van der Waals surface area contributed by atoms with E-state index in [2.05, 4.69) is 5.32 Å². The van der Waals surface area contributed by atoms with Crippen molar-refractivity contribution >= 4 is 28.6 Å². The van der Waals surface area contributed by atoms with Crippen LogP contribution in [0.4, 0.5) is 5.69 Å². The lowest BCUT2D eigenvalue weighted by Gasteiger charge is -2.03. The van der Waals surface area contributed by atoms with Crippen LogP contribution >= 0.6 is 0 Å². The highest BCUT2D eigenvalue weighted by Crippen LogP contribution is 2.21. The Bertz CT molecular complexity index is 983. The Morgan fingerprint density at radius 2 is 1.75 bits per heavy atom. The molecule has 3 N–H and O–H groups in total. The monoisotopic (exact) mass is 323 g/mol. The molecule has 1 amide bonds. The number of aromatic hydroxyl groups is 2. The van der Waals surface area contributed by atoms with E-state index in [1.165, 1.54) is 36.4 Å². The molecule has 3 rings (SSSR count). The topological polar surface area (TPSA) is 99.8 Å². The average Bonchev–Trinajstić information content (AvgIpc) is 2.52. The normalized spacial score (nSPS) is 11.0. The molecule has 24 heavy (non-hydrogen) atoms. The van der Waals surface area contributed by atoms with E-state index in [0.717, 1.165) is 0 Å². The van der Waals surface area contributed by atoms with Crippen LogP contribution in [-0.2, 0) is 4.79 Å². The predicted molar refractivity (Wildman–Crippen MR) is 89.9 cm³/mol. The minimum Gasteiger partial charge on any atom is -0.508 e. The Hall–Kier alpha value is -3.54. The zero-order chi connectivity index (χ0) is 17.1. The van der Waals surface area contributed by atoms with Gasteiger partial charge in [-0.1, -0.05) is 0 Å². The molecule has 0 saturated carbocycles. The quantitative estimate of drug-likeness (QED) is 0.508. The van der Waals surface area contributed by atoms with Crippen molar-refractivity contribution in [2.24, 2.45) is 0 Å². The number of hydrogen-bond donors (Lipinski definition) is 3. The SMILES string of the molecule is O=C(/C=C/c1cc(O)cc(O)c1)Nc1ccc2oc(=O)ccc2c1. The Balaban J connectivity index is 1.75. The summed E-state index contributed by atoms with van der Waals surface area (Å²) in [6, 6.07) is 11.9. The van der Waals surface area contributed by atoms with Gasteiger partial charge in [0.25, 0.3) is 0 Å². The van der Waals surface area contributed by atoms with Gasteiger partial charge in [0.1, 0.15) is 17.1 Å². The zero-order valence-corrected chi connectivity index (χ0v) is 12.4. The van der Waals surface area contributed by atoms with Crippen LogP contribution in [0.5, 0.6) is 11.5 Å². The molecule has 0 bridgehead atoms. The smallest absolute Gasteiger partial charge is 0.336 e. The molecule has 0 aliphatic rings. The van der Waals surface area contributed by atoms with Crippen LogP contribution in [-0.4, -0.2) is 16.1 Å². The predicted octanol–water partition coefficient (Wildman–Crippen LogP) is 2.86. The molecular weight excluding hydrogens is 310 g/mol. The third-order valence-electron chi connectivity index (χ3n) is 3.24. The molecule has 1 heterocycles. The molecule has 0 aliphatic heterocycles. The van der Waals surface area contributed by atoms with Crippen LogP contribution in [0.3, 0.4) is 0 Å². The first-order valence-electron chi connectivity index (χ1n) is 7.06. The maximum atomic E-state index is 11.9. The van der Waals surface area contributed by atoms with Crippen LogP contribution in [0, 0.1) is 0 Å². The minimum absolute atomic E-state index is 0.0916. The number of amides is 1. The summed E-state index contributed by atoms with van der Waals surface area (Å²) in [6.07, 6.45) is 2.75. The fourth-order valence-corrected chi connectivity index (χ4v) is 2.22. The second kappa shape index (κ2) is 6.29. The molecule has 0 atom stereocenters. The highest BCUT2D eigenvalue weighted by molar-refractivity contribution is 6.02. The van der Waals surface area contributed by atoms with Crippen molar-refractivity contribution in [2.45, 2.75) is 0 Å². The maximum absolute atomic E-state index is 11.9. The standard InChI is InChI=1S/C18H13NO5/c20-14-7-11(8-15(21)10-14)1-5-17(22)19-13-3-4-16-12(9-13)2-6-18(23)24-16/h1-10,20-21H,(H,19,22)/b5-1+. The van der Waals surface area contributed by atoms with Crippen LogP contribution < -0.4 is 10.9 Å². The van der Waals surface area contributed by atoms with E-state index in [1.807, 2.05) is 0 Å². The summed E-state index contributed by atoms with van der Waals surface area (Å²) >= 11 is 0. The third kappa shape index (κ3) is 3.61. The Morgan fingerprint density at radius 3 is 2.50 bits per heavy atom. The lowest BCUT2D eigenvalue weighted by molar-refractivity contribution is -0.111. The van der Waals surface area contributed by atoms with Crippen molar-refractivity contribution in [3.63, 3.8) is 0 Å². The van der Waals surface area contributed by atoms with Gasteiger partial charge >= 0.3 is 5.63 Å². The van der Waals surface area contributed by atoms with Crippen molar-refractivity contribution in [3.8, 4) is 11.5 Å². The van der Waals surface area contributed by atoms with Crippen LogP contribution in [0.2, 0.25) is 0 Å². The molecule has 3 aromatic rings. The fourth-order valence-electron chi connectivity index (χ4n) is 2.22. The number of anilines is 1. The number of nitrogens with one attached hydrogen (secondary N) is 1. The number of phenolic OH excluding ortho intramolecular Hbond substituents is 2. The molecule has 0 aliphatic carbocycles. The van der Waals surface area contributed by atoms with E-state index in [-0.39, 0.29) is 17.4 Å². The van der Waals surface area contributed by atoms with E-state index < -0.39 is 5.63 Å². The molecule has 6 heteroatoms. The van der Waals surface area contributed by atoms with E-state index in [0.29, 0.717) is 22.2 Å². The van der Waals surface area contributed by atoms with Crippen LogP contribution in [0.1, 0.15) is 5.56 Å². The van der Waals surface area contributed by atoms with E-state index in [1.54, 1.807) is 24.3 Å². The summed E-state index contributed by atoms with van der Waals surface area (Å²) in [5.74, 6) is -0.563. The van der Waals surface area contributed by atoms with Gasteiger partial charge < -0.3 is 19.9 Å². The summed E-state index contributed by atoms with van der Waals surface area (Å²) in [5, 5.41) is 22.1. The highest BCUT2D eigenvalue weighted by atomic mass is 16.4. The number of fused-ring (bicyclic) bond motifs is 1. The average molecular weight is 323 g/mol. The van der Waals surface area contributed by atoms with Gasteiger partial charge in [0.05, 0.1) is 0 Å². The molecule has 0 fully saturated rings. The number of hydrogen-bond acceptors (Lipinski definition) is 5. The molecule has 6 nitrogen and oxygen atoms in total. The first-order valence-corrected chi connectivity index (χ1v) is 7.06. The largest absolute Gasteiger partial charge is 0.508 e. The van der Waals surface area contributed by atoms with Gasteiger partial charge in [0.15, 0.2) is 0 Å². The Labute approximate surface area is 136 Å².